The molecule has 0 fully saturated rings. The van der Waals surface area contributed by atoms with Gasteiger partial charge >= 0.3 is 0 Å². The van der Waals surface area contributed by atoms with Crippen LogP contribution in [0.2, 0.25) is 0 Å². The molecule has 8 heteroatoms. The van der Waals surface area contributed by atoms with Gasteiger partial charge in [0.15, 0.2) is 0 Å². The summed E-state index contributed by atoms with van der Waals surface area (Å²) in [4.78, 5) is 1.15. The Balaban J connectivity index is 1.55. The van der Waals surface area contributed by atoms with Crippen LogP contribution in [0.25, 0.3) is 5.69 Å². The van der Waals surface area contributed by atoms with Crippen molar-refractivity contribution in [1.29, 1.82) is 0 Å². The Labute approximate surface area is 154 Å². The lowest BCUT2D eigenvalue weighted by Gasteiger charge is -2.11. The van der Waals surface area contributed by atoms with Crippen molar-refractivity contribution in [3.8, 4) is 5.69 Å². The van der Waals surface area contributed by atoms with E-state index in [9.17, 15) is 5.11 Å². The third kappa shape index (κ3) is 4.88. The zero-order chi connectivity index (χ0) is 17.6. The first-order valence-electron chi connectivity index (χ1n) is 7.90. The largest absolute Gasteiger partial charge is 0.390 e. The normalized spacial score (nSPS) is 12.4. The van der Waals surface area contributed by atoms with Crippen LogP contribution in [0.4, 0.5) is 0 Å². The summed E-state index contributed by atoms with van der Waals surface area (Å²) >= 11 is 3.06. The van der Waals surface area contributed by atoms with Crippen LogP contribution in [0.1, 0.15) is 16.0 Å². The fourth-order valence-electron chi connectivity index (χ4n) is 2.28. The van der Waals surface area contributed by atoms with E-state index in [0.29, 0.717) is 17.5 Å². The number of aliphatic hydroxyl groups is 1. The molecular weight excluding hydrogens is 356 g/mol. The van der Waals surface area contributed by atoms with E-state index < -0.39 is 6.10 Å². The monoisotopic (exact) mass is 376 g/mol. The molecule has 2 aromatic heterocycles. The van der Waals surface area contributed by atoms with Gasteiger partial charge in [0, 0.05) is 10.6 Å². The summed E-state index contributed by atoms with van der Waals surface area (Å²) in [6.45, 7) is 4.88. The highest BCUT2D eigenvalue weighted by Crippen LogP contribution is 2.22. The van der Waals surface area contributed by atoms with E-state index in [1.165, 1.54) is 11.8 Å². The standard InChI is InChI=1S/C17H20N4O2S2/c1-12-5-6-13(2)16(8-12)21-17(18-19-20-21)25-11-14(22)9-23-10-15-4-3-7-24-15/h3-8,14,22H,9-11H2,1-2H3/t14-/m1/s1. The molecule has 0 bridgehead atoms. The third-order valence-corrected chi connectivity index (χ3v) is 5.49. The molecule has 3 rings (SSSR count). The number of nitrogens with zero attached hydrogens (tertiary/aromatic N) is 4. The molecule has 0 amide bonds. The van der Waals surface area contributed by atoms with Crippen molar-refractivity contribution < 1.29 is 9.84 Å². The van der Waals surface area contributed by atoms with E-state index in [4.69, 9.17) is 4.74 Å². The quantitative estimate of drug-likeness (QED) is 0.609. The van der Waals surface area contributed by atoms with Crippen molar-refractivity contribution >= 4 is 23.1 Å². The second-order valence-electron chi connectivity index (χ2n) is 5.72. The Morgan fingerprint density at radius 3 is 3.00 bits per heavy atom. The first-order chi connectivity index (χ1) is 12.1. The van der Waals surface area contributed by atoms with Gasteiger partial charge in [-0.15, -0.1) is 16.4 Å². The van der Waals surface area contributed by atoms with Gasteiger partial charge in [-0.3, -0.25) is 0 Å². The number of hydrogen-bond acceptors (Lipinski definition) is 7. The summed E-state index contributed by atoms with van der Waals surface area (Å²) in [6.07, 6.45) is -0.575. The SMILES string of the molecule is Cc1ccc(C)c(-n2nnnc2SC[C@H](O)COCc2cccs2)c1. The molecule has 0 saturated carbocycles. The molecule has 0 spiro atoms. The number of benzene rings is 1. The summed E-state index contributed by atoms with van der Waals surface area (Å²) in [5, 5.41) is 24.7. The van der Waals surface area contributed by atoms with Crippen molar-refractivity contribution in [3.05, 3.63) is 51.7 Å². The van der Waals surface area contributed by atoms with Crippen LogP contribution in [0, 0.1) is 13.8 Å². The van der Waals surface area contributed by atoms with Crippen LogP contribution in [-0.4, -0.2) is 43.8 Å². The molecule has 0 aliphatic carbocycles. The highest BCUT2D eigenvalue weighted by molar-refractivity contribution is 7.99. The Morgan fingerprint density at radius 1 is 1.32 bits per heavy atom. The number of ether oxygens (including phenoxy) is 1. The number of thioether (sulfide) groups is 1. The molecule has 0 aliphatic heterocycles. The summed E-state index contributed by atoms with van der Waals surface area (Å²) in [6, 6.07) is 10.2. The predicted molar refractivity (Wildman–Crippen MR) is 99.3 cm³/mol. The number of aryl methyl sites for hydroxylation is 2. The Morgan fingerprint density at radius 2 is 2.20 bits per heavy atom. The number of rotatable bonds is 8. The van der Waals surface area contributed by atoms with Crippen LogP contribution >= 0.6 is 23.1 Å². The van der Waals surface area contributed by atoms with Crippen LogP contribution in [0.15, 0.2) is 40.9 Å². The Bertz CT molecular complexity index is 805. The molecular formula is C17H20N4O2S2. The summed E-state index contributed by atoms with van der Waals surface area (Å²) < 4.78 is 7.26. The summed E-state index contributed by atoms with van der Waals surface area (Å²) in [5.74, 6) is 0.468. The number of hydrogen-bond donors (Lipinski definition) is 1. The Kier molecular flexibility index (Phi) is 6.19. The van der Waals surface area contributed by atoms with Crippen molar-refractivity contribution in [2.24, 2.45) is 0 Å². The fraction of sp³-hybridized carbons (Fsp3) is 0.353. The molecule has 6 nitrogen and oxygen atoms in total. The van der Waals surface area contributed by atoms with Gasteiger partial charge in [-0.05, 0) is 52.9 Å². The van der Waals surface area contributed by atoms with Gasteiger partial charge in [0.05, 0.1) is 25.0 Å². The minimum absolute atomic E-state index is 0.288. The zero-order valence-corrected chi connectivity index (χ0v) is 15.8. The third-order valence-electron chi connectivity index (χ3n) is 3.57. The molecule has 25 heavy (non-hydrogen) atoms. The lowest BCUT2D eigenvalue weighted by Crippen LogP contribution is -2.18. The maximum absolute atomic E-state index is 10.1. The number of aromatic nitrogens is 4. The predicted octanol–water partition coefficient (Wildman–Crippen LogP) is 3.01. The summed E-state index contributed by atoms with van der Waals surface area (Å²) in [7, 11) is 0. The van der Waals surface area contributed by atoms with Gasteiger partial charge in [-0.2, -0.15) is 4.68 Å². The molecule has 0 saturated heterocycles. The van der Waals surface area contributed by atoms with Gasteiger partial charge in [0.1, 0.15) is 0 Å². The molecule has 1 aromatic carbocycles. The second kappa shape index (κ2) is 8.57. The van der Waals surface area contributed by atoms with Crippen LogP contribution in [0.5, 0.6) is 0 Å². The van der Waals surface area contributed by atoms with Crippen molar-refractivity contribution in [2.75, 3.05) is 12.4 Å². The van der Waals surface area contributed by atoms with E-state index in [1.807, 2.05) is 37.4 Å². The highest BCUT2D eigenvalue weighted by atomic mass is 32.2. The van der Waals surface area contributed by atoms with Gasteiger partial charge in [0.25, 0.3) is 0 Å². The van der Waals surface area contributed by atoms with Crippen molar-refractivity contribution in [2.45, 2.75) is 31.7 Å². The van der Waals surface area contributed by atoms with E-state index in [2.05, 4.69) is 27.7 Å². The second-order valence-corrected chi connectivity index (χ2v) is 7.74. The van der Waals surface area contributed by atoms with E-state index >= 15 is 0 Å². The van der Waals surface area contributed by atoms with Crippen molar-refractivity contribution in [1.82, 2.24) is 20.2 Å². The molecule has 0 radical (unpaired) electrons. The van der Waals surface area contributed by atoms with Gasteiger partial charge in [0.2, 0.25) is 5.16 Å². The van der Waals surface area contributed by atoms with Crippen LogP contribution in [-0.2, 0) is 11.3 Å². The van der Waals surface area contributed by atoms with Gasteiger partial charge < -0.3 is 9.84 Å². The number of tetrazole rings is 1. The lowest BCUT2D eigenvalue weighted by molar-refractivity contribution is 0.0409. The van der Waals surface area contributed by atoms with E-state index in [1.54, 1.807) is 16.0 Å². The molecule has 1 N–H and O–H groups in total. The average molecular weight is 377 g/mol. The maximum atomic E-state index is 10.1. The van der Waals surface area contributed by atoms with Crippen LogP contribution in [0.3, 0.4) is 0 Å². The first-order valence-corrected chi connectivity index (χ1v) is 9.77. The Hall–Kier alpha value is -1.74. The lowest BCUT2D eigenvalue weighted by atomic mass is 10.1. The summed E-state index contributed by atoms with van der Waals surface area (Å²) in [5.41, 5.74) is 3.20. The molecule has 0 aliphatic rings. The highest BCUT2D eigenvalue weighted by Gasteiger charge is 2.14. The smallest absolute Gasteiger partial charge is 0.214 e. The van der Waals surface area contributed by atoms with E-state index in [0.717, 1.165) is 21.7 Å². The first kappa shape index (κ1) is 18.1. The fourth-order valence-corrected chi connectivity index (χ4v) is 3.71. The van der Waals surface area contributed by atoms with Crippen LogP contribution < -0.4 is 0 Å². The molecule has 132 valence electrons. The molecule has 1 atom stereocenters. The van der Waals surface area contributed by atoms with Gasteiger partial charge in [-0.25, -0.2) is 0 Å². The van der Waals surface area contributed by atoms with Crippen molar-refractivity contribution in [3.63, 3.8) is 0 Å². The molecule has 3 aromatic rings. The topological polar surface area (TPSA) is 73.1 Å². The minimum Gasteiger partial charge on any atom is -0.390 e. The number of aliphatic hydroxyl groups excluding tert-OH is 1. The zero-order valence-electron chi connectivity index (χ0n) is 14.1. The van der Waals surface area contributed by atoms with Gasteiger partial charge in [-0.1, -0.05) is 30.0 Å². The number of thiophene rings is 1. The maximum Gasteiger partial charge on any atom is 0.214 e. The van der Waals surface area contributed by atoms with E-state index in [-0.39, 0.29) is 6.61 Å². The minimum atomic E-state index is -0.575. The average Bonchev–Trinajstić information content (AvgIpc) is 3.26. The molecule has 2 heterocycles. The molecule has 0 unspecified atom stereocenters.